The summed E-state index contributed by atoms with van der Waals surface area (Å²) in [6.07, 6.45) is 1.30. The normalized spacial score (nSPS) is 15.8. The Hall–Kier alpha value is -2.32. The molecule has 130 valence electrons. The van der Waals surface area contributed by atoms with Gasteiger partial charge in [0.15, 0.2) is 0 Å². The minimum Gasteiger partial charge on any atom is -0.463 e. The second-order valence-electron chi connectivity index (χ2n) is 5.01. The van der Waals surface area contributed by atoms with Crippen molar-refractivity contribution in [1.29, 1.82) is 0 Å². The summed E-state index contributed by atoms with van der Waals surface area (Å²) in [4.78, 5) is 25.1. The molecule has 1 saturated heterocycles. The van der Waals surface area contributed by atoms with Gasteiger partial charge in [-0.25, -0.2) is 4.79 Å². The van der Waals surface area contributed by atoms with E-state index in [1.54, 1.807) is 31.2 Å². The van der Waals surface area contributed by atoms with Gasteiger partial charge in [0.1, 0.15) is 6.54 Å². The van der Waals surface area contributed by atoms with E-state index in [1.165, 1.54) is 22.7 Å². The van der Waals surface area contributed by atoms with Crippen LogP contribution in [0.4, 0.5) is 0 Å². The molecule has 1 aliphatic heterocycles. The molecule has 0 spiro atoms. The zero-order valence-corrected chi connectivity index (χ0v) is 14.8. The Morgan fingerprint density at radius 1 is 1.40 bits per heavy atom. The number of ether oxygens (including phenoxy) is 1. The Morgan fingerprint density at radius 3 is 2.88 bits per heavy atom. The number of hydrogen-bond donors (Lipinski definition) is 0. The van der Waals surface area contributed by atoms with Gasteiger partial charge in [0.25, 0.3) is 0 Å². The third kappa shape index (κ3) is 4.21. The summed E-state index contributed by atoms with van der Waals surface area (Å²) < 4.78 is 10.5. The molecule has 1 fully saturated rings. The van der Waals surface area contributed by atoms with Gasteiger partial charge in [-0.05, 0) is 31.2 Å². The largest absolute Gasteiger partial charge is 0.463 e. The third-order valence-corrected chi connectivity index (χ3v) is 4.57. The van der Waals surface area contributed by atoms with Gasteiger partial charge in [-0.1, -0.05) is 23.4 Å². The van der Waals surface area contributed by atoms with Crippen LogP contribution in [0.3, 0.4) is 0 Å². The molecule has 0 bridgehead atoms. The van der Waals surface area contributed by atoms with Crippen molar-refractivity contribution in [2.24, 2.45) is 0 Å². The van der Waals surface area contributed by atoms with Gasteiger partial charge < -0.3 is 9.15 Å². The molecule has 9 heteroatoms. The molecule has 0 saturated carbocycles. The number of halogens is 1. The molecule has 0 aliphatic carbocycles. The van der Waals surface area contributed by atoms with Crippen molar-refractivity contribution >= 4 is 35.2 Å². The lowest BCUT2D eigenvalue weighted by Gasteiger charge is -2.14. The molecule has 0 atom stereocenters. The third-order valence-electron chi connectivity index (χ3n) is 3.29. The second kappa shape index (κ2) is 7.71. The fraction of sp³-hybridized carbons (Fsp3) is 0.250. The van der Waals surface area contributed by atoms with Crippen LogP contribution in [0.2, 0.25) is 5.02 Å². The van der Waals surface area contributed by atoms with Crippen LogP contribution in [0.25, 0.3) is 11.5 Å². The average molecular weight is 380 g/mol. The molecular formula is C16H14ClN3O4S. The summed E-state index contributed by atoms with van der Waals surface area (Å²) in [7, 11) is 0. The molecule has 1 aromatic carbocycles. The Balaban J connectivity index is 1.75. The molecule has 0 N–H and O–H groups in total. The number of rotatable bonds is 5. The van der Waals surface area contributed by atoms with Crippen molar-refractivity contribution < 1.29 is 18.7 Å². The zero-order chi connectivity index (χ0) is 17.8. The summed E-state index contributed by atoms with van der Waals surface area (Å²) in [6.45, 7) is 2.09. The van der Waals surface area contributed by atoms with E-state index in [4.69, 9.17) is 20.8 Å². The topological polar surface area (TPSA) is 85.5 Å². The van der Waals surface area contributed by atoms with Gasteiger partial charge in [-0.3, -0.25) is 9.69 Å². The molecule has 1 aromatic heterocycles. The van der Waals surface area contributed by atoms with Gasteiger partial charge in [-0.2, -0.15) is 0 Å². The van der Waals surface area contributed by atoms with E-state index in [-0.39, 0.29) is 30.7 Å². The van der Waals surface area contributed by atoms with Crippen LogP contribution in [-0.4, -0.2) is 39.3 Å². The van der Waals surface area contributed by atoms with Crippen molar-refractivity contribution in [3.8, 4) is 11.5 Å². The lowest BCUT2D eigenvalue weighted by atomic mass is 10.2. The van der Waals surface area contributed by atoms with E-state index >= 15 is 0 Å². The molecule has 7 nitrogen and oxygen atoms in total. The van der Waals surface area contributed by atoms with Crippen molar-refractivity contribution in [1.82, 2.24) is 15.1 Å². The Bertz CT molecular complexity index is 819. The molecule has 25 heavy (non-hydrogen) atoms. The number of carbonyl (C=O) groups excluding carboxylic acids is 2. The minimum atomic E-state index is -0.489. The predicted octanol–water partition coefficient (Wildman–Crippen LogP) is 2.87. The first kappa shape index (κ1) is 17.5. The number of aromatic nitrogens is 2. The smallest absolute Gasteiger partial charge is 0.333 e. The quantitative estimate of drug-likeness (QED) is 0.583. The van der Waals surface area contributed by atoms with Crippen LogP contribution in [-0.2, 0) is 20.9 Å². The van der Waals surface area contributed by atoms with Crippen LogP contribution < -0.4 is 0 Å². The van der Waals surface area contributed by atoms with Crippen LogP contribution >= 0.6 is 23.4 Å². The monoisotopic (exact) mass is 379 g/mol. The number of thioether (sulfide) groups is 1. The van der Waals surface area contributed by atoms with Gasteiger partial charge in [0.05, 0.1) is 23.5 Å². The van der Waals surface area contributed by atoms with Crippen LogP contribution in [0.15, 0.2) is 39.8 Å². The minimum absolute atomic E-state index is 0.0949. The summed E-state index contributed by atoms with van der Waals surface area (Å²) in [5.41, 5.74) is 0.729. The number of hydrogen-bond acceptors (Lipinski definition) is 7. The summed E-state index contributed by atoms with van der Waals surface area (Å²) >= 11 is 7.13. The van der Waals surface area contributed by atoms with E-state index < -0.39 is 5.97 Å². The molecule has 0 radical (unpaired) electrons. The van der Waals surface area contributed by atoms with Crippen molar-refractivity contribution in [2.45, 2.75) is 13.5 Å². The maximum atomic E-state index is 12.1. The molecule has 1 amide bonds. The summed E-state index contributed by atoms with van der Waals surface area (Å²) in [6, 6.07) is 6.98. The van der Waals surface area contributed by atoms with E-state index in [9.17, 15) is 9.59 Å². The summed E-state index contributed by atoms with van der Waals surface area (Å²) in [5.74, 6) is 0.241. The summed E-state index contributed by atoms with van der Waals surface area (Å²) in [5, 5.41) is 9.07. The van der Waals surface area contributed by atoms with Crippen molar-refractivity contribution in [2.75, 3.05) is 12.4 Å². The highest BCUT2D eigenvalue weighted by molar-refractivity contribution is 8.04. The molecule has 2 heterocycles. The average Bonchev–Trinajstić information content (AvgIpc) is 3.18. The number of carbonyl (C=O) groups is 2. The van der Waals surface area contributed by atoms with Gasteiger partial charge in [0, 0.05) is 10.6 Å². The van der Waals surface area contributed by atoms with Crippen molar-refractivity contribution in [3.05, 3.63) is 46.3 Å². The molecule has 2 aromatic rings. The van der Waals surface area contributed by atoms with Crippen molar-refractivity contribution in [3.63, 3.8) is 0 Å². The Morgan fingerprint density at radius 2 is 2.16 bits per heavy atom. The van der Waals surface area contributed by atoms with Gasteiger partial charge >= 0.3 is 5.97 Å². The van der Waals surface area contributed by atoms with Gasteiger partial charge in [0.2, 0.25) is 17.7 Å². The second-order valence-corrected chi connectivity index (χ2v) is 6.44. The SMILES string of the molecule is CCOC(=O)/C=C1\SCC(=O)N1Cc1nnc(-c2ccc(Cl)cc2)o1. The first-order valence-electron chi connectivity index (χ1n) is 7.46. The van der Waals surface area contributed by atoms with Crippen LogP contribution in [0, 0.1) is 0 Å². The first-order chi connectivity index (χ1) is 12.1. The molecule has 1 aliphatic rings. The Kier molecular flexibility index (Phi) is 5.40. The number of amides is 1. The van der Waals surface area contributed by atoms with E-state index in [2.05, 4.69) is 10.2 Å². The fourth-order valence-electron chi connectivity index (χ4n) is 2.15. The van der Waals surface area contributed by atoms with E-state index in [1.807, 2.05) is 0 Å². The highest BCUT2D eigenvalue weighted by Gasteiger charge is 2.29. The lowest BCUT2D eigenvalue weighted by Crippen LogP contribution is -2.24. The highest BCUT2D eigenvalue weighted by atomic mass is 35.5. The molecular weight excluding hydrogens is 366 g/mol. The number of esters is 1. The van der Waals surface area contributed by atoms with Crippen LogP contribution in [0.1, 0.15) is 12.8 Å². The standard InChI is InChI=1S/C16H14ClN3O4S/c1-2-23-15(22)7-14-20(13(21)9-25-14)8-12-18-19-16(24-12)10-3-5-11(17)6-4-10/h3-7H,2,8-9H2,1H3/b14-7-. The fourth-order valence-corrected chi connectivity index (χ4v) is 3.20. The number of nitrogens with zero attached hydrogens (tertiary/aromatic N) is 3. The highest BCUT2D eigenvalue weighted by Crippen LogP contribution is 2.30. The predicted molar refractivity (Wildman–Crippen MR) is 92.5 cm³/mol. The van der Waals surface area contributed by atoms with E-state index in [0.29, 0.717) is 15.9 Å². The maximum Gasteiger partial charge on any atom is 0.333 e. The van der Waals surface area contributed by atoms with Crippen LogP contribution in [0.5, 0.6) is 0 Å². The lowest BCUT2D eigenvalue weighted by molar-refractivity contribution is -0.137. The van der Waals surface area contributed by atoms with Gasteiger partial charge in [-0.15, -0.1) is 10.2 Å². The molecule has 3 rings (SSSR count). The maximum absolute atomic E-state index is 12.1. The first-order valence-corrected chi connectivity index (χ1v) is 8.83. The number of benzene rings is 1. The Labute approximate surface area is 153 Å². The molecule has 0 unspecified atom stereocenters. The van der Waals surface area contributed by atoms with E-state index in [0.717, 1.165) is 5.56 Å². The zero-order valence-electron chi connectivity index (χ0n) is 13.3.